The molecule has 0 aliphatic carbocycles. The summed E-state index contributed by atoms with van der Waals surface area (Å²) in [6.07, 6.45) is 0.457. The molecule has 0 radical (unpaired) electrons. The predicted molar refractivity (Wildman–Crippen MR) is 94.2 cm³/mol. The first-order valence-electron chi connectivity index (χ1n) is 8.52. The van der Waals surface area contributed by atoms with Crippen molar-refractivity contribution in [2.75, 3.05) is 26.2 Å². The van der Waals surface area contributed by atoms with Gasteiger partial charge in [-0.2, -0.15) is 0 Å². The zero-order valence-electron chi connectivity index (χ0n) is 15.4. The highest BCUT2D eigenvalue weighted by molar-refractivity contribution is 5.95. The van der Waals surface area contributed by atoms with Gasteiger partial charge in [-0.3, -0.25) is 4.79 Å². The van der Waals surface area contributed by atoms with Gasteiger partial charge in [0.1, 0.15) is 5.60 Å². The minimum Gasteiger partial charge on any atom is -0.444 e. The van der Waals surface area contributed by atoms with Gasteiger partial charge in [-0.1, -0.05) is 17.7 Å². The maximum Gasteiger partial charge on any atom is 0.410 e. The van der Waals surface area contributed by atoms with Crippen LogP contribution in [0, 0.1) is 13.8 Å². The fourth-order valence-electron chi connectivity index (χ4n) is 2.85. The third-order valence-electron chi connectivity index (χ3n) is 4.05. The molecule has 132 valence electrons. The van der Waals surface area contributed by atoms with Crippen molar-refractivity contribution in [3.8, 4) is 0 Å². The second-order valence-electron chi connectivity index (χ2n) is 7.43. The molecule has 24 heavy (non-hydrogen) atoms. The van der Waals surface area contributed by atoms with Crippen LogP contribution in [-0.2, 0) is 4.74 Å². The number of carbonyl (C=O) groups is 2. The summed E-state index contributed by atoms with van der Waals surface area (Å²) in [5.41, 5.74) is 2.38. The highest BCUT2D eigenvalue weighted by Gasteiger charge is 2.26. The van der Waals surface area contributed by atoms with Gasteiger partial charge in [0.2, 0.25) is 0 Å². The molecule has 0 atom stereocenters. The molecule has 0 N–H and O–H groups in total. The minimum absolute atomic E-state index is 0.0403. The van der Waals surface area contributed by atoms with Gasteiger partial charge in [0.15, 0.2) is 0 Å². The number of aryl methyl sites for hydroxylation is 2. The fourth-order valence-corrected chi connectivity index (χ4v) is 2.85. The Kier molecular flexibility index (Phi) is 5.52. The lowest BCUT2D eigenvalue weighted by Gasteiger charge is -2.26. The molecule has 1 aliphatic rings. The molecule has 0 bridgehead atoms. The van der Waals surface area contributed by atoms with E-state index in [0.717, 1.165) is 23.1 Å². The molecule has 1 aromatic rings. The van der Waals surface area contributed by atoms with Crippen LogP contribution in [0.3, 0.4) is 0 Å². The van der Waals surface area contributed by atoms with Crippen LogP contribution in [0.25, 0.3) is 0 Å². The van der Waals surface area contributed by atoms with E-state index < -0.39 is 5.60 Å². The molecule has 0 saturated carbocycles. The number of hydrogen-bond donors (Lipinski definition) is 0. The summed E-state index contributed by atoms with van der Waals surface area (Å²) in [6, 6.07) is 5.88. The molecule has 0 aromatic heterocycles. The minimum atomic E-state index is -0.502. The zero-order valence-corrected chi connectivity index (χ0v) is 15.4. The Hall–Kier alpha value is -2.04. The van der Waals surface area contributed by atoms with Gasteiger partial charge in [-0.05, 0) is 52.7 Å². The van der Waals surface area contributed by atoms with Crippen LogP contribution in [0.1, 0.15) is 48.7 Å². The maximum absolute atomic E-state index is 12.8. The number of carbonyl (C=O) groups excluding carboxylic acids is 2. The molecule has 1 fully saturated rings. The molecule has 1 aromatic carbocycles. The SMILES string of the molecule is Cc1ccc(C(=O)N2CCCN(C(=O)OC(C)(C)C)CC2)c(C)c1. The van der Waals surface area contributed by atoms with Crippen LogP contribution in [0.15, 0.2) is 18.2 Å². The first-order chi connectivity index (χ1) is 11.2. The Bertz CT molecular complexity index is 620. The second kappa shape index (κ2) is 7.24. The summed E-state index contributed by atoms with van der Waals surface area (Å²) in [4.78, 5) is 28.5. The predicted octanol–water partition coefficient (Wildman–Crippen LogP) is 3.39. The van der Waals surface area contributed by atoms with Gasteiger partial charge in [-0.25, -0.2) is 4.79 Å². The molecule has 0 unspecified atom stereocenters. The third-order valence-corrected chi connectivity index (χ3v) is 4.05. The lowest BCUT2D eigenvalue weighted by atomic mass is 10.0. The topological polar surface area (TPSA) is 49.9 Å². The van der Waals surface area contributed by atoms with E-state index in [0.29, 0.717) is 26.2 Å². The fraction of sp³-hybridized carbons (Fsp3) is 0.579. The van der Waals surface area contributed by atoms with Crippen LogP contribution in [-0.4, -0.2) is 53.6 Å². The Labute approximate surface area is 144 Å². The molecule has 2 amide bonds. The Morgan fingerprint density at radius 2 is 1.62 bits per heavy atom. The number of hydrogen-bond acceptors (Lipinski definition) is 3. The summed E-state index contributed by atoms with van der Waals surface area (Å²) in [6.45, 7) is 11.9. The van der Waals surface area contributed by atoms with Crippen molar-refractivity contribution < 1.29 is 14.3 Å². The highest BCUT2D eigenvalue weighted by Crippen LogP contribution is 2.16. The van der Waals surface area contributed by atoms with Gasteiger partial charge in [0, 0.05) is 31.7 Å². The van der Waals surface area contributed by atoms with Crippen molar-refractivity contribution in [2.24, 2.45) is 0 Å². The molecule has 1 saturated heterocycles. The monoisotopic (exact) mass is 332 g/mol. The quantitative estimate of drug-likeness (QED) is 0.792. The van der Waals surface area contributed by atoms with Gasteiger partial charge in [0.25, 0.3) is 5.91 Å². The molecule has 0 spiro atoms. The van der Waals surface area contributed by atoms with E-state index in [-0.39, 0.29) is 12.0 Å². The van der Waals surface area contributed by atoms with Gasteiger partial charge in [0.05, 0.1) is 0 Å². The highest BCUT2D eigenvalue weighted by atomic mass is 16.6. The first-order valence-corrected chi connectivity index (χ1v) is 8.52. The average Bonchev–Trinajstić information content (AvgIpc) is 2.70. The lowest BCUT2D eigenvalue weighted by Crippen LogP contribution is -2.40. The maximum atomic E-state index is 12.8. The Morgan fingerprint density at radius 1 is 1.00 bits per heavy atom. The van der Waals surface area contributed by atoms with Crippen LogP contribution in [0.2, 0.25) is 0 Å². The van der Waals surface area contributed by atoms with Crippen molar-refractivity contribution in [1.29, 1.82) is 0 Å². The summed E-state index contributed by atoms with van der Waals surface area (Å²) in [5, 5.41) is 0. The van der Waals surface area contributed by atoms with Crippen LogP contribution in [0.4, 0.5) is 4.79 Å². The first kappa shape index (κ1) is 18.3. The zero-order chi connectivity index (χ0) is 17.9. The molecule has 1 heterocycles. The molecule has 5 nitrogen and oxygen atoms in total. The van der Waals surface area contributed by atoms with Gasteiger partial charge < -0.3 is 14.5 Å². The molecule has 2 rings (SSSR count). The Balaban J connectivity index is 2.02. The summed E-state index contributed by atoms with van der Waals surface area (Å²) in [5.74, 6) is 0.0403. The summed E-state index contributed by atoms with van der Waals surface area (Å²) < 4.78 is 5.43. The standard InChI is InChI=1S/C19H28N2O3/c1-14-7-8-16(15(2)13-14)17(22)20-9-6-10-21(12-11-20)18(23)24-19(3,4)5/h7-8,13H,6,9-12H2,1-5H3. The van der Waals surface area contributed by atoms with Crippen LogP contribution in [0.5, 0.6) is 0 Å². The van der Waals surface area contributed by atoms with E-state index in [2.05, 4.69) is 0 Å². The molecular formula is C19H28N2O3. The van der Waals surface area contributed by atoms with Crippen molar-refractivity contribution in [3.05, 3.63) is 34.9 Å². The number of amides is 2. The summed E-state index contributed by atoms with van der Waals surface area (Å²) >= 11 is 0. The third kappa shape index (κ3) is 4.73. The number of benzene rings is 1. The average molecular weight is 332 g/mol. The van der Waals surface area contributed by atoms with E-state index in [1.807, 2.05) is 57.7 Å². The van der Waals surface area contributed by atoms with Crippen molar-refractivity contribution in [2.45, 2.75) is 46.6 Å². The van der Waals surface area contributed by atoms with E-state index in [1.54, 1.807) is 4.90 Å². The smallest absolute Gasteiger partial charge is 0.410 e. The number of rotatable bonds is 1. The largest absolute Gasteiger partial charge is 0.444 e. The number of ether oxygens (including phenoxy) is 1. The Morgan fingerprint density at radius 3 is 2.25 bits per heavy atom. The second-order valence-corrected chi connectivity index (χ2v) is 7.43. The number of nitrogens with zero attached hydrogens (tertiary/aromatic N) is 2. The van der Waals surface area contributed by atoms with Crippen molar-refractivity contribution in [1.82, 2.24) is 9.80 Å². The van der Waals surface area contributed by atoms with E-state index >= 15 is 0 Å². The summed E-state index contributed by atoms with van der Waals surface area (Å²) in [7, 11) is 0. The van der Waals surface area contributed by atoms with Crippen molar-refractivity contribution in [3.63, 3.8) is 0 Å². The van der Waals surface area contributed by atoms with Crippen LogP contribution >= 0.6 is 0 Å². The van der Waals surface area contributed by atoms with E-state index in [4.69, 9.17) is 4.74 Å². The molecular weight excluding hydrogens is 304 g/mol. The van der Waals surface area contributed by atoms with Crippen LogP contribution < -0.4 is 0 Å². The van der Waals surface area contributed by atoms with Crippen molar-refractivity contribution >= 4 is 12.0 Å². The van der Waals surface area contributed by atoms with Gasteiger partial charge >= 0.3 is 6.09 Å². The van der Waals surface area contributed by atoms with Gasteiger partial charge in [-0.15, -0.1) is 0 Å². The normalized spacial score (nSPS) is 15.9. The van der Waals surface area contributed by atoms with E-state index in [1.165, 1.54) is 0 Å². The molecule has 5 heteroatoms. The molecule has 1 aliphatic heterocycles. The van der Waals surface area contributed by atoms with E-state index in [9.17, 15) is 9.59 Å². The lowest BCUT2D eigenvalue weighted by molar-refractivity contribution is 0.0255.